The second kappa shape index (κ2) is 6.65. The molecule has 0 radical (unpaired) electrons. The summed E-state index contributed by atoms with van der Waals surface area (Å²) in [6.45, 7) is 5.39. The first kappa shape index (κ1) is 15.6. The Bertz CT molecular complexity index is 542. The molecule has 0 aromatic heterocycles. The van der Waals surface area contributed by atoms with E-state index < -0.39 is 16.9 Å². The maximum Gasteiger partial charge on any atom is 0.272 e. The van der Waals surface area contributed by atoms with Crippen LogP contribution in [-0.4, -0.2) is 29.3 Å². The van der Waals surface area contributed by atoms with E-state index in [0.29, 0.717) is 12.1 Å². The van der Waals surface area contributed by atoms with E-state index in [9.17, 15) is 19.7 Å². The van der Waals surface area contributed by atoms with Crippen LogP contribution in [0.15, 0.2) is 18.2 Å². The van der Waals surface area contributed by atoms with E-state index >= 15 is 0 Å². The number of nitrogens with zero attached hydrogens (tertiary/aromatic N) is 1. The Morgan fingerprint density at radius 1 is 1.40 bits per heavy atom. The molecule has 2 N–H and O–H groups in total. The van der Waals surface area contributed by atoms with E-state index in [4.69, 9.17) is 0 Å². The zero-order valence-electron chi connectivity index (χ0n) is 11.6. The van der Waals surface area contributed by atoms with Crippen molar-refractivity contribution in [2.75, 3.05) is 6.54 Å². The molecule has 0 bridgehead atoms. The van der Waals surface area contributed by atoms with Crippen molar-refractivity contribution < 1.29 is 14.5 Å². The zero-order chi connectivity index (χ0) is 15.3. The fraction of sp³-hybridized carbons (Fsp3) is 0.385. The third kappa shape index (κ3) is 3.78. The van der Waals surface area contributed by atoms with E-state index in [-0.39, 0.29) is 17.2 Å². The van der Waals surface area contributed by atoms with Gasteiger partial charge in [0.25, 0.3) is 11.6 Å². The van der Waals surface area contributed by atoms with Crippen LogP contribution in [0, 0.1) is 17.0 Å². The molecular formula is C13H17N3O4. The van der Waals surface area contributed by atoms with Crippen LogP contribution in [0.2, 0.25) is 0 Å². The van der Waals surface area contributed by atoms with Gasteiger partial charge in [-0.25, -0.2) is 0 Å². The van der Waals surface area contributed by atoms with Gasteiger partial charge in [0.1, 0.15) is 6.04 Å². The third-order valence-electron chi connectivity index (χ3n) is 2.75. The molecule has 20 heavy (non-hydrogen) atoms. The van der Waals surface area contributed by atoms with Crippen LogP contribution in [0.1, 0.15) is 29.8 Å². The molecule has 1 aromatic rings. The van der Waals surface area contributed by atoms with E-state index in [1.165, 1.54) is 18.2 Å². The molecule has 0 saturated carbocycles. The van der Waals surface area contributed by atoms with Gasteiger partial charge in [0.2, 0.25) is 5.91 Å². The minimum Gasteiger partial charge on any atom is -0.355 e. The van der Waals surface area contributed by atoms with Crippen LogP contribution in [0.5, 0.6) is 0 Å². The minimum absolute atomic E-state index is 0.0432. The van der Waals surface area contributed by atoms with Crippen LogP contribution in [0.4, 0.5) is 5.69 Å². The largest absolute Gasteiger partial charge is 0.355 e. The Labute approximate surface area is 116 Å². The van der Waals surface area contributed by atoms with Crippen molar-refractivity contribution in [3.63, 3.8) is 0 Å². The topological polar surface area (TPSA) is 101 Å². The summed E-state index contributed by atoms with van der Waals surface area (Å²) in [5.41, 5.74) is 0.635. The second-order valence-corrected chi connectivity index (χ2v) is 4.35. The molecule has 0 aliphatic heterocycles. The number of hydrogen-bond acceptors (Lipinski definition) is 4. The Morgan fingerprint density at radius 3 is 2.55 bits per heavy atom. The van der Waals surface area contributed by atoms with Gasteiger partial charge < -0.3 is 10.6 Å². The zero-order valence-corrected chi connectivity index (χ0v) is 11.6. The van der Waals surface area contributed by atoms with Gasteiger partial charge in [-0.15, -0.1) is 0 Å². The van der Waals surface area contributed by atoms with Crippen molar-refractivity contribution in [2.45, 2.75) is 26.8 Å². The standard InChI is InChI=1S/C13H17N3O4/c1-4-14-12(17)9(3)15-13(18)10-5-6-11(16(19)20)8(2)7-10/h5-7,9H,4H2,1-3H3,(H,14,17)(H,15,18)/t9-/m1/s1. The highest BCUT2D eigenvalue weighted by Gasteiger charge is 2.18. The number of benzene rings is 1. The van der Waals surface area contributed by atoms with Gasteiger partial charge in [-0.05, 0) is 32.9 Å². The molecule has 108 valence electrons. The normalized spacial score (nSPS) is 11.6. The first-order valence-corrected chi connectivity index (χ1v) is 6.20. The van der Waals surface area contributed by atoms with E-state index in [1.54, 1.807) is 20.8 Å². The summed E-state index contributed by atoms with van der Waals surface area (Å²) in [6.07, 6.45) is 0. The summed E-state index contributed by atoms with van der Waals surface area (Å²) >= 11 is 0. The quantitative estimate of drug-likeness (QED) is 0.623. The maximum absolute atomic E-state index is 11.9. The molecule has 2 amide bonds. The van der Waals surface area contributed by atoms with Crippen LogP contribution in [0.3, 0.4) is 0 Å². The van der Waals surface area contributed by atoms with Crippen molar-refractivity contribution in [3.8, 4) is 0 Å². The number of rotatable bonds is 5. The highest BCUT2D eigenvalue weighted by Crippen LogP contribution is 2.18. The van der Waals surface area contributed by atoms with Crippen molar-refractivity contribution >= 4 is 17.5 Å². The summed E-state index contributed by atoms with van der Waals surface area (Å²) in [4.78, 5) is 33.6. The maximum atomic E-state index is 11.9. The lowest BCUT2D eigenvalue weighted by molar-refractivity contribution is -0.385. The molecule has 0 aliphatic carbocycles. The van der Waals surface area contributed by atoms with Gasteiger partial charge in [-0.2, -0.15) is 0 Å². The third-order valence-corrected chi connectivity index (χ3v) is 2.75. The molecule has 0 saturated heterocycles. The van der Waals surface area contributed by atoms with Gasteiger partial charge in [0, 0.05) is 23.7 Å². The van der Waals surface area contributed by atoms with E-state index in [1.807, 2.05) is 0 Å². The number of likely N-dealkylation sites (N-methyl/N-ethyl adjacent to an activating group) is 1. The van der Waals surface area contributed by atoms with Gasteiger partial charge in [-0.3, -0.25) is 19.7 Å². The van der Waals surface area contributed by atoms with Gasteiger partial charge >= 0.3 is 0 Å². The van der Waals surface area contributed by atoms with Crippen LogP contribution >= 0.6 is 0 Å². The predicted molar refractivity (Wildman–Crippen MR) is 73.4 cm³/mol. The molecule has 0 unspecified atom stereocenters. The lowest BCUT2D eigenvalue weighted by atomic mass is 10.1. The first-order valence-electron chi connectivity index (χ1n) is 6.20. The molecule has 1 aromatic carbocycles. The number of nitro groups is 1. The number of amides is 2. The highest BCUT2D eigenvalue weighted by atomic mass is 16.6. The van der Waals surface area contributed by atoms with Gasteiger partial charge in [0.05, 0.1) is 4.92 Å². The summed E-state index contributed by atoms with van der Waals surface area (Å²) < 4.78 is 0. The number of carbonyl (C=O) groups excluding carboxylic acids is 2. The van der Waals surface area contributed by atoms with Crippen molar-refractivity contribution in [1.29, 1.82) is 0 Å². The Balaban J connectivity index is 2.81. The number of nitrogens with one attached hydrogen (secondary N) is 2. The smallest absolute Gasteiger partial charge is 0.272 e. The Kier molecular flexibility index (Phi) is 5.19. The Hall–Kier alpha value is -2.44. The number of hydrogen-bond donors (Lipinski definition) is 2. The molecule has 0 spiro atoms. The average Bonchev–Trinajstić information content (AvgIpc) is 2.38. The highest BCUT2D eigenvalue weighted by molar-refractivity contribution is 5.97. The molecule has 7 heteroatoms. The average molecular weight is 279 g/mol. The van der Waals surface area contributed by atoms with Crippen molar-refractivity contribution in [1.82, 2.24) is 10.6 Å². The predicted octanol–water partition coefficient (Wildman–Crippen LogP) is 1.16. The summed E-state index contributed by atoms with van der Waals surface area (Å²) in [6, 6.07) is 3.40. The summed E-state index contributed by atoms with van der Waals surface area (Å²) in [5, 5.41) is 15.8. The molecule has 1 atom stereocenters. The van der Waals surface area contributed by atoms with Crippen molar-refractivity contribution in [2.24, 2.45) is 0 Å². The van der Waals surface area contributed by atoms with Crippen LogP contribution in [0.25, 0.3) is 0 Å². The summed E-state index contributed by atoms with van der Waals surface area (Å²) in [7, 11) is 0. The number of carbonyl (C=O) groups is 2. The van der Waals surface area contributed by atoms with Gasteiger partial charge in [-0.1, -0.05) is 0 Å². The minimum atomic E-state index is -0.669. The first-order chi connectivity index (χ1) is 9.36. The molecule has 7 nitrogen and oxygen atoms in total. The SMILES string of the molecule is CCNC(=O)[C@@H](C)NC(=O)c1ccc([N+](=O)[O-])c(C)c1. The Morgan fingerprint density at radius 2 is 2.05 bits per heavy atom. The lowest BCUT2D eigenvalue weighted by Crippen LogP contribution is -2.44. The fourth-order valence-electron chi connectivity index (χ4n) is 1.67. The molecule has 0 fully saturated rings. The molecular weight excluding hydrogens is 262 g/mol. The van der Waals surface area contributed by atoms with Crippen LogP contribution in [-0.2, 0) is 4.79 Å². The monoisotopic (exact) mass is 279 g/mol. The fourth-order valence-corrected chi connectivity index (χ4v) is 1.67. The summed E-state index contributed by atoms with van der Waals surface area (Å²) in [5.74, 6) is -0.721. The van der Waals surface area contributed by atoms with E-state index in [0.717, 1.165) is 0 Å². The second-order valence-electron chi connectivity index (χ2n) is 4.35. The molecule has 0 heterocycles. The lowest BCUT2D eigenvalue weighted by Gasteiger charge is -2.13. The molecule has 1 rings (SSSR count). The van der Waals surface area contributed by atoms with Crippen molar-refractivity contribution in [3.05, 3.63) is 39.4 Å². The number of nitro benzene ring substituents is 1. The van der Waals surface area contributed by atoms with Gasteiger partial charge in [0.15, 0.2) is 0 Å². The number of aryl methyl sites for hydroxylation is 1. The molecule has 0 aliphatic rings. The van der Waals surface area contributed by atoms with Crippen LogP contribution < -0.4 is 10.6 Å². The van der Waals surface area contributed by atoms with E-state index in [2.05, 4.69) is 10.6 Å².